The normalized spacial score (nSPS) is 24.3. The molecule has 0 saturated carbocycles. The Bertz CT molecular complexity index is 532. The van der Waals surface area contributed by atoms with Crippen molar-refractivity contribution in [3.05, 3.63) is 48.0 Å². The molecule has 0 aliphatic carbocycles. The van der Waals surface area contributed by atoms with Gasteiger partial charge in [0.1, 0.15) is 0 Å². The smallest absolute Gasteiger partial charge is 0.00702 e. The quantitative estimate of drug-likeness (QED) is 0.832. The van der Waals surface area contributed by atoms with Crippen molar-refractivity contribution in [1.29, 1.82) is 0 Å². The molecule has 2 aromatic rings. The summed E-state index contributed by atoms with van der Waals surface area (Å²) in [5.74, 6) is 0.737. The fourth-order valence-corrected chi connectivity index (χ4v) is 3.08. The maximum absolute atomic E-state index is 3.61. The molecule has 94 valence electrons. The summed E-state index contributed by atoms with van der Waals surface area (Å²) in [4.78, 5) is 0. The number of hydrogen-bond acceptors (Lipinski definition) is 1. The highest BCUT2D eigenvalue weighted by atomic mass is 14.9. The second-order valence-electron chi connectivity index (χ2n) is 5.39. The minimum absolute atomic E-state index is 0.704. The molecule has 0 radical (unpaired) electrons. The Labute approximate surface area is 109 Å². The van der Waals surface area contributed by atoms with E-state index in [1.54, 1.807) is 0 Å². The van der Waals surface area contributed by atoms with E-state index in [-0.39, 0.29) is 0 Å². The van der Waals surface area contributed by atoms with Crippen LogP contribution in [0.15, 0.2) is 42.5 Å². The molecule has 1 N–H and O–H groups in total. The molecule has 2 unspecified atom stereocenters. The Kier molecular flexibility index (Phi) is 3.33. The zero-order valence-electron chi connectivity index (χ0n) is 11.0. The second-order valence-corrected chi connectivity index (χ2v) is 5.39. The highest BCUT2D eigenvalue weighted by Crippen LogP contribution is 2.30. The van der Waals surface area contributed by atoms with Crippen molar-refractivity contribution in [3.8, 4) is 0 Å². The lowest BCUT2D eigenvalue weighted by atomic mass is 9.85. The SMILES string of the molecule is CCC1CC(c2ccc3ccccc3c2)CCN1. The molecule has 1 saturated heterocycles. The summed E-state index contributed by atoms with van der Waals surface area (Å²) in [6, 6.07) is 16.3. The average Bonchev–Trinajstić information content (AvgIpc) is 2.47. The van der Waals surface area contributed by atoms with Crippen LogP contribution in [-0.2, 0) is 0 Å². The highest BCUT2D eigenvalue weighted by Gasteiger charge is 2.21. The van der Waals surface area contributed by atoms with E-state index < -0.39 is 0 Å². The Morgan fingerprint density at radius 1 is 1.11 bits per heavy atom. The molecule has 2 aromatic carbocycles. The first-order chi connectivity index (χ1) is 8.86. The third kappa shape index (κ3) is 2.28. The summed E-state index contributed by atoms with van der Waals surface area (Å²) in [5.41, 5.74) is 1.52. The third-order valence-electron chi connectivity index (χ3n) is 4.23. The number of nitrogens with one attached hydrogen (secondary N) is 1. The lowest BCUT2D eigenvalue weighted by molar-refractivity contribution is 0.355. The molecule has 1 nitrogen and oxygen atoms in total. The van der Waals surface area contributed by atoms with Crippen LogP contribution in [0.25, 0.3) is 10.8 Å². The lowest BCUT2D eigenvalue weighted by Gasteiger charge is -2.30. The summed E-state index contributed by atoms with van der Waals surface area (Å²) >= 11 is 0. The van der Waals surface area contributed by atoms with Crippen LogP contribution in [0.5, 0.6) is 0 Å². The first-order valence-electron chi connectivity index (χ1n) is 7.09. The van der Waals surface area contributed by atoms with Crippen LogP contribution in [0, 0.1) is 0 Å². The van der Waals surface area contributed by atoms with Crippen LogP contribution < -0.4 is 5.32 Å². The van der Waals surface area contributed by atoms with Crippen molar-refractivity contribution in [2.45, 2.75) is 38.1 Å². The predicted octanol–water partition coefficient (Wildman–Crippen LogP) is 4.09. The number of benzene rings is 2. The second kappa shape index (κ2) is 5.11. The maximum Gasteiger partial charge on any atom is 0.00702 e. The molecule has 3 rings (SSSR count). The molecule has 0 amide bonds. The third-order valence-corrected chi connectivity index (χ3v) is 4.23. The van der Waals surface area contributed by atoms with Gasteiger partial charge in [-0.1, -0.05) is 49.4 Å². The van der Waals surface area contributed by atoms with Crippen molar-refractivity contribution < 1.29 is 0 Å². The van der Waals surface area contributed by atoms with Gasteiger partial charge in [-0.05, 0) is 48.1 Å². The summed E-state index contributed by atoms with van der Waals surface area (Å²) in [7, 11) is 0. The van der Waals surface area contributed by atoms with Gasteiger partial charge in [-0.3, -0.25) is 0 Å². The Balaban J connectivity index is 1.89. The van der Waals surface area contributed by atoms with Gasteiger partial charge in [-0.2, -0.15) is 0 Å². The topological polar surface area (TPSA) is 12.0 Å². The van der Waals surface area contributed by atoms with Crippen LogP contribution in [-0.4, -0.2) is 12.6 Å². The van der Waals surface area contributed by atoms with E-state index in [4.69, 9.17) is 0 Å². The van der Waals surface area contributed by atoms with Crippen LogP contribution in [0.4, 0.5) is 0 Å². The van der Waals surface area contributed by atoms with Gasteiger partial charge in [0.2, 0.25) is 0 Å². The summed E-state index contributed by atoms with van der Waals surface area (Å²) in [5, 5.41) is 6.33. The molecule has 1 aliphatic heterocycles. The number of fused-ring (bicyclic) bond motifs is 1. The van der Waals surface area contributed by atoms with Gasteiger partial charge in [0.25, 0.3) is 0 Å². The highest BCUT2D eigenvalue weighted by molar-refractivity contribution is 5.83. The van der Waals surface area contributed by atoms with Crippen LogP contribution >= 0.6 is 0 Å². The van der Waals surface area contributed by atoms with Gasteiger partial charge in [0, 0.05) is 6.04 Å². The van der Waals surface area contributed by atoms with Crippen molar-refractivity contribution in [1.82, 2.24) is 5.32 Å². The fourth-order valence-electron chi connectivity index (χ4n) is 3.08. The Morgan fingerprint density at radius 2 is 1.94 bits per heavy atom. The number of rotatable bonds is 2. The van der Waals surface area contributed by atoms with E-state index in [0.29, 0.717) is 6.04 Å². The number of piperidine rings is 1. The van der Waals surface area contributed by atoms with E-state index in [1.807, 2.05) is 0 Å². The zero-order valence-corrected chi connectivity index (χ0v) is 11.0. The molecule has 1 heterocycles. The van der Waals surface area contributed by atoms with Gasteiger partial charge in [0.15, 0.2) is 0 Å². The minimum atomic E-state index is 0.704. The summed E-state index contributed by atoms with van der Waals surface area (Å²) in [6.07, 6.45) is 3.80. The van der Waals surface area contributed by atoms with Gasteiger partial charge >= 0.3 is 0 Å². The van der Waals surface area contributed by atoms with Gasteiger partial charge in [-0.15, -0.1) is 0 Å². The first kappa shape index (κ1) is 11.7. The van der Waals surface area contributed by atoms with E-state index in [1.165, 1.54) is 35.6 Å². The van der Waals surface area contributed by atoms with Crippen molar-refractivity contribution in [2.75, 3.05) is 6.54 Å². The molecule has 18 heavy (non-hydrogen) atoms. The van der Waals surface area contributed by atoms with E-state index in [2.05, 4.69) is 54.7 Å². The van der Waals surface area contributed by atoms with Gasteiger partial charge in [0.05, 0.1) is 0 Å². The Hall–Kier alpha value is -1.34. The predicted molar refractivity (Wildman–Crippen MR) is 78.0 cm³/mol. The fraction of sp³-hybridized carbons (Fsp3) is 0.412. The van der Waals surface area contributed by atoms with Gasteiger partial charge < -0.3 is 5.32 Å². The van der Waals surface area contributed by atoms with E-state index in [9.17, 15) is 0 Å². The molecule has 1 heteroatoms. The zero-order chi connectivity index (χ0) is 12.4. The largest absolute Gasteiger partial charge is 0.314 e. The molecule has 2 atom stereocenters. The van der Waals surface area contributed by atoms with E-state index in [0.717, 1.165) is 12.5 Å². The van der Waals surface area contributed by atoms with Crippen molar-refractivity contribution in [3.63, 3.8) is 0 Å². The number of hydrogen-bond donors (Lipinski definition) is 1. The average molecular weight is 239 g/mol. The molecule has 1 fully saturated rings. The van der Waals surface area contributed by atoms with Crippen LogP contribution in [0.2, 0.25) is 0 Å². The summed E-state index contributed by atoms with van der Waals surface area (Å²) in [6.45, 7) is 3.44. The molecular weight excluding hydrogens is 218 g/mol. The van der Waals surface area contributed by atoms with Crippen LogP contribution in [0.1, 0.15) is 37.7 Å². The standard InChI is InChI=1S/C17H21N/c1-2-17-12-16(9-10-18-17)15-8-7-13-5-3-4-6-14(13)11-15/h3-8,11,16-18H,2,9-10,12H2,1H3. The van der Waals surface area contributed by atoms with Gasteiger partial charge in [-0.25, -0.2) is 0 Å². The monoisotopic (exact) mass is 239 g/mol. The Morgan fingerprint density at radius 3 is 2.78 bits per heavy atom. The molecule has 0 spiro atoms. The molecule has 0 bridgehead atoms. The molecule has 0 aromatic heterocycles. The first-order valence-corrected chi connectivity index (χ1v) is 7.09. The summed E-state index contributed by atoms with van der Waals surface area (Å²) < 4.78 is 0. The van der Waals surface area contributed by atoms with Crippen molar-refractivity contribution >= 4 is 10.8 Å². The van der Waals surface area contributed by atoms with Crippen molar-refractivity contribution in [2.24, 2.45) is 0 Å². The maximum atomic E-state index is 3.61. The lowest BCUT2D eigenvalue weighted by Crippen LogP contribution is -2.36. The van der Waals surface area contributed by atoms with E-state index >= 15 is 0 Å². The minimum Gasteiger partial charge on any atom is -0.314 e. The van der Waals surface area contributed by atoms with Crippen LogP contribution in [0.3, 0.4) is 0 Å². The molecular formula is C17H21N. The molecule has 1 aliphatic rings.